The Labute approximate surface area is 204 Å². The number of fused-ring (bicyclic) bond motifs is 3. The van der Waals surface area contributed by atoms with E-state index in [9.17, 15) is 19.5 Å². The van der Waals surface area contributed by atoms with E-state index in [4.69, 9.17) is 4.74 Å². The molecule has 2 unspecified atom stereocenters. The van der Waals surface area contributed by atoms with E-state index in [2.05, 4.69) is 22.8 Å². The molecular weight excluding hydrogens is 444 g/mol. The maximum Gasteiger partial charge on any atom is 0.407 e. The molecule has 4 rings (SSSR count). The number of hydrogen-bond acceptors (Lipinski definition) is 4. The summed E-state index contributed by atoms with van der Waals surface area (Å²) in [5.74, 6) is -2.38. The van der Waals surface area contributed by atoms with Crippen LogP contribution < -0.4 is 10.6 Å². The molecule has 0 heterocycles. The Morgan fingerprint density at radius 3 is 1.94 bits per heavy atom. The van der Waals surface area contributed by atoms with E-state index in [-0.39, 0.29) is 12.5 Å². The van der Waals surface area contributed by atoms with Gasteiger partial charge in [0.1, 0.15) is 6.61 Å². The molecule has 0 aromatic heterocycles. The van der Waals surface area contributed by atoms with Gasteiger partial charge >= 0.3 is 12.1 Å². The predicted molar refractivity (Wildman–Crippen MR) is 132 cm³/mol. The Bertz CT molecular complexity index is 1180. The van der Waals surface area contributed by atoms with Gasteiger partial charge in [0.05, 0.1) is 5.92 Å². The van der Waals surface area contributed by atoms with Gasteiger partial charge in [0.2, 0.25) is 5.91 Å². The number of ether oxygens (including phenoxy) is 1. The lowest BCUT2D eigenvalue weighted by molar-refractivity contribution is -0.142. The number of carboxylic acid groups (broad SMARTS) is 1. The summed E-state index contributed by atoms with van der Waals surface area (Å²) in [5, 5.41) is 14.8. The molecule has 7 nitrogen and oxygen atoms in total. The number of benzene rings is 3. The lowest BCUT2D eigenvalue weighted by Crippen LogP contribution is -2.46. The van der Waals surface area contributed by atoms with Gasteiger partial charge < -0.3 is 20.5 Å². The molecule has 0 spiro atoms. The number of carbonyl (C=O) groups excluding carboxylic acids is 2. The zero-order chi connectivity index (χ0) is 24.9. The number of aliphatic carboxylic acids is 1. The zero-order valence-corrected chi connectivity index (χ0v) is 19.6. The fourth-order valence-electron chi connectivity index (χ4n) is 4.38. The van der Waals surface area contributed by atoms with Crippen molar-refractivity contribution in [1.29, 1.82) is 0 Å². The molecule has 3 atom stereocenters. The summed E-state index contributed by atoms with van der Waals surface area (Å²) in [6.07, 6.45) is -0.628. The lowest BCUT2D eigenvalue weighted by Gasteiger charge is -2.23. The van der Waals surface area contributed by atoms with Crippen LogP contribution in [0.5, 0.6) is 0 Å². The Balaban J connectivity index is 1.35. The van der Waals surface area contributed by atoms with Crippen LogP contribution in [-0.4, -0.2) is 35.7 Å². The van der Waals surface area contributed by atoms with Gasteiger partial charge in [0.25, 0.3) is 0 Å². The van der Waals surface area contributed by atoms with Crippen LogP contribution in [0.2, 0.25) is 0 Å². The molecule has 7 heteroatoms. The predicted octanol–water partition coefficient (Wildman–Crippen LogP) is 4.49. The average molecular weight is 473 g/mol. The second kappa shape index (κ2) is 10.4. The molecule has 0 saturated carbocycles. The number of hydrogen-bond donors (Lipinski definition) is 3. The molecule has 180 valence electrons. The van der Waals surface area contributed by atoms with Crippen LogP contribution in [0.25, 0.3) is 11.1 Å². The van der Waals surface area contributed by atoms with Crippen molar-refractivity contribution in [2.75, 3.05) is 6.61 Å². The van der Waals surface area contributed by atoms with Gasteiger partial charge in [-0.1, -0.05) is 85.8 Å². The summed E-state index contributed by atoms with van der Waals surface area (Å²) < 4.78 is 5.55. The SMILES string of the molecule is CC(NC(=O)OCC1c2ccccc2-c2ccccc21)C(C)C(=O)N[C@@H](C(=O)O)c1ccccc1. The summed E-state index contributed by atoms with van der Waals surface area (Å²) in [6.45, 7) is 3.49. The van der Waals surface area contributed by atoms with Crippen LogP contribution in [0.1, 0.15) is 42.5 Å². The molecule has 0 fully saturated rings. The molecular formula is C28H28N2O5. The van der Waals surface area contributed by atoms with E-state index in [1.807, 2.05) is 36.4 Å². The number of carboxylic acids is 1. The Morgan fingerprint density at radius 2 is 1.37 bits per heavy atom. The molecule has 1 aliphatic carbocycles. The minimum Gasteiger partial charge on any atom is -0.479 e. The van der Waals surface area contributed by atoms with Gasteiger partial charge in [0.15, 0.2) is 6.04 Å². The Kier molecular flexibility index (Phi) is 7.15. The largest absolute Gasteiger partial charge is 0.479 e. The van der Waals surface area contributed by atoms with E-state index in [0.29, 0.717) is 5.56 Å². The van der Waals surface area contributed by atoms with E-state index < -0.39 is 36.0 Å². The highest BCUT2D eigenvalue weighted by molar-refractivity contribution is 5.86. The summed E-state index contributed by atoms with van der Waals surface area (Å²) >= 11 is 0. The van der Waals surface area contributed by atoms with Crippen LogP contribution in [0, 0.1) is 5.92 Å². The number of nitrogens with one attached hydrogen (secondary N) is 2. The second-order valence-electron chi connectivity index (χ2n) is 8.74. The zero-order valence-electron chi connectivity index (χ0n) is 19.6. The maximum absolute atomic E-state index is 12.7. The molecule has 35 heavy (non-hydrogen) atoms. The minimum atomic E-state index is -1.17. The minimum absolute atomic E-state index is 0.0635. The summed E-state index contributed by atoms with van der Waals surface area (Å²) in [7, 11) is 0. The van der Waals surface area contributed by atoms with E-state index in [1.54, 1.807) is 44.2 Å². The monoisotopic (exact) mass is 472 g/mol. The highest BCUT2D eigenvalue weighted by Gasteiger charge is 2.30. The summed E-state index contributed by atoms with van der Waals surface area (Å²) in [5.41, 5.74) is 4.98. The third-order valence-electron chi connectivity index (χ3n) is 6.52. The van der Waals surface area contributed by atoms with Crippen LogP contribution in [0.15, 0.2) is 78.9 Å². The fourth-order valence-corrected chi connectivity index (χ4v) is 4.38. The first-order valence-corrected chi connectivity index (χ1v) is 11.6. The number of rotatable bonds is 8. The van der Waals surface area contributed by atoms with Gasteiger partial charge in [0, 0.05) is 12.0 Å². The number of alkyl carbamates (subject to hydrolysis) is 1. The van der Waals surface area contributed by atoms with Gasteiger partial charge in [-0.25, -0.2) is 9.59 Å². The first-order valence-electron chi connectivity index (χ1n) is 11.6. The van der Waals surface area contributed by atoms with Crippen molar-refractivity contribution in [2.45, 2.75) is 31.8 Å². The van der Waals surface area contributed by atoms with Crippen LogP contribution in [0.3, 0.4) is 0 Å². The topological polar surface area (TPSA) is 105 Å². The van der Waals surface area contributed by atoms with Crippen molar-refractivity contribution < 1.29 is 24.2 Å². The quantitative estimate of drug-likeness (QED) is 0.448. The first-order chi connectivity index (χ1) is 16.9. The second-order valence-corrected chi connectivity index (χ2v) is 8.74. The fraction of sp³-hybridized carbons (Fsp3) is 0.250. The average Bonchev–Trinajstić information content (AvgIpc) is 3.19. The van der Waals surface area contributed by atoms with Crippen molar-refractivity contribution in [3.05, 3.63) is 95.6 Å². The maximum atomic E-state index is 12.7. The molecule has 0 radical (unpaired) electrons. The van der Waals surface area contributed by atoms with Gasteiger partial charge in [-0.15, -0.1) is 0 Å². The van der Waals surface area contributed by atoms with Gasteiger partial charge in [-0.3, -0.25) is 4.79 Å². The normalized spacial score (nSPS) is 14.7. The molecule has 0 bridgehead atoms. The number of amides is 2. The molecule has 3 aromatic rings. The van der Waals surface area contributed by atoms with Crippen molar-refractivity contribution in [2.24, 2.45) is 5.92 Å². The summed E-state index contributed by atoms with van der Waals surface area (Å²) in [6, 6.07) is 22.9. The number of carbonyl (C=O) groups is 3. The third kappa shape index (κ3) is 5.19. The van der Waals surface area contributed by atoms with Crippen LogP contribution in [0.4, 0.5) is 4.79 Å². The van der Waals surface area contributed by atoms with Gasteiger partial charge in [-0.2, -0.15) is 0 Å². The molecule has 0 aliphatic heterocycles. The van der Waals surface area contributed by atoms with Crippen molar-refractivity contribution in [1.82, 2.24) is 10.6 Å². The molecule has 3 aromatic carbocycles. The van der Waals surface area contributed by atoms with Crippen molar-refractivity contribution in [3.8, 4) is 11.1 Å². The molecule has 3 N–H and O–H groups in total. The first kappa shape index (κ1) is 24.0. The Hall–Kier alpha value is -4.13. The molecule has 2 amide bonds. The van der Waals surface area contributed by atoms with Crippen LogP contribution >= 0.6 is 0 Å². The van der Waals surface area contributed by atoms with E-state index >= 15 is 0 Å². The molecule has 0 saturated heterocycles. The molecule has 1 aliphatic rings. The smallest absolute Gasteiger partial charge is 0.407 e. The van der Waals surface area contributed by atoms with Gasteiger partial charge in [-0.05, 0) is 34.7 Å². The standard InChI is InChI=1S/C28H28N2O5/c1-17(26(31)30-25(27(32)33)19-10-4-3-5-11-19)18(2)29-28(34)35-16-24-22-14-8-6-12-20(22)21-13-7-9-15-23(21)24/h3-15,17-18,24-25H,16H2,1-2H3,(H,29,34)(H,30,31)(H,32,33)/t17?,18?,25-/m1/s1. The highest BCUT2D eigenvalue weighted by Crippen LogP contribution is 2.44. The lowest BCUT2D eigenvalue weighted by atomic mass is 9.98. The van der Waals surface area contributed by atoms with E-state index in [0.717, 1.165) is 22.3 Å². The van der Waals surface area contributed by atoms with Crippen molar-refractivity contribution >= 4 is 18.0 Å². The highest BCUT2D eigenvalue weighted by atomic mass is 16.5. The van der Waals surface area contributed by atoms with Crippen molar-refractivity contribution in [3.63, 3.8) is 0 Å². The third-order valence-corrected chi connectivity index (χ3v) is 6.52. The Morgan fingerprint density at radius 1 is 0.829 bits per heavy atom. The van der Waals surface area contributed by atoms with Crippen LogP contribution in [-0.2, 0) is 14.3 Å². The summed E-state index contributed by atoms with van der Waals surface area (Å²) in [4.78, 5) is 37.0. The van der Waals surface area contributed by atoms with E-state index in [1.165, 1.54) is 0 Å².